The lowest BCUT2D eigenvalue weighted by molar-refractivity contribution is 0.0786. The van der Waals surface area contributed by atoms with Crippen LogP contribution in [0.4, 0.5) is 0 Å². The van der Waals surface area contributed by atoms with Crippen molar-refractivity contribution < 1.29 is 9.32 Å². The van der Waals surface area contributed by atoms with Crippen molar-refractivity contribution in [3.8, 4) is 0 Å². The third-order valence-electron chi connectivity index (χ3n) is 1.35. The third kappa shape index (κ3) is 1.39. The molecule has 0 aliphatic heterocycles. The number of hydrogen-bond acceptors (Lipinski definition) is 3. The van der Waals surface area contributed by atoms with Gasteiger partial charge in [0.2, 0.25) is 5.76 Å². The van der Waals surface area contributed by atoms with E-state index < -0.39 is 0 Å². The van der Waals surface area contributed by atoms with Gasteiger partial charge in [-0.1, -0.05) is 5.16 Å². The SMILES string of the molecule is Cc1cnoc1C(=O)N(C)C. The Bertz CT molecular complexity index is 265. The standard InChI is InChI=1S/C7H10N2O2/c1-5-4-8-11-6(5)7(10)9(2)3/h4H,1-3H3. The van der Waals surface area contributed by atoms with Crippen molar-refractivity contribution in [2.75, 3.05) is 14.1 Å². The second kappa shape index (κ2) is 2.74. The summed E-state index contributed by atoms with van der Waals surface area (Å²) in [7, 11) is 3.34. The minimum absolute atomic E-state index is 0.153. The molecule has 1 aromatic heterocycles. The zero-order chi connectivity index (χ0) is 8.43. The molecule has 0 bridgehead atoms. The smallest absolute Gasteiger partial charge is 0.292 e. The van der Waals surface area contributed by atoms with E-state index >= 15 is 0 Å². The van der Waals surface area contributed by atoms with Crippen LogP contribution in [-0.2, 0) is 0 Å². The van der Waals surface area contributed by atoms with Crippen LogP contribution in [0.25, 0.3) is 0 Å². The van der Waals surface area contributed by atoms with Crippen LogP contribution in [0.1, 0.15) is 16.1 Å². The second-order valence-electron chi connectivity index (χ2n) is 2.54. The van der Waals surface area contributed by atoms with Crippen LogP contribution >= 0.6 is 0 Å². The Balaban J connectivity index is 2.93. The van der Waals surface area contributed by atoms with Crippen LogP contribution in [0, 0.1) is 6.92 Å². The molecule has 1 amide bonds. The average molecular weight is 154 g/mol. The number of amides is 1. The highest BCUT2D eigenvalue weighted by molar-refractivity contribution is 5.92. The molecule has 0 aliphatic rings. The zero-order valence-corrected chi connectivity index (χ0v) is 6.79. The van der Waals surface area contributed by atoms with E-state index in [0.717, 1.165) is 5.56 Å². The molecule has 0 radical (unpaired) electrons. The molecule has 0 unspecified atom stereocenters. The molecule has 1 aromatic rings. The molecule has 0 aromatic carbocycles. The molecule has 4 heteroatoms. The number of hydrogen-bond donors (Lipinski definition) is 0. The summed E-state index contributed by atoms with van der Waals surface area (Å²) in [6.07, 6.45) is 1.52. The molecule has 4 nitrogen and oxygen atoms in total. The van der Waals surface area contributed by atoms with Gasteiger partial charge in [0.15, 0.2) is 0 Å². The summed E-state index contributed by atoms with van der Waals surface area (Å²) in [6, 6.07) is 0. The molecule has 0 saturated carbocycles. The number of aromatic nitrogens is 1. The molecule has 0 atom stereocenters. The average Bonchev–Trinajstić information content (AvgIpc) is 2.33. The molecule has 1 heterocycles. The van der Waals surface area contributed by atoms with Crippen molar-refractivity contribution in [1.82, 2.24) is 10.1 Å². The lowest BCUT2D eigenvalue weighted by atomic mass is 10.3. The number of carbonyl (C=O) groups excluding carboxylic acids is 1. The summed E-state index contributed by atoms with van der Waals surface area (Å²) in [5, 5.41) is 3.50. The summed E-state index contributed by atoms with van der Waals surface area (Å²) in [5.74, 6) is 0.162. The van der Waals surface area contributed by atoms with Gasteiger partial charge in [0, 0.05) is 19.7 Å². The van der Waals surface area contributed by atoms with Crippen molar-refractivity contribution in [1.29, 1.82) is 0 Å². The predicted octanol–water partition coefficient (Wildman–Crippen LogP) is 0.685. The van der Waals surface area contributed by atoms with E-state index in [2.05, 4.69) is 5.16 Å². The molecular formula is C7H10N2O2. The van der Waals surface area contributed by atoms with Gasteiger partial charge in [0.05, 0.1) is 6.20 Å². The van der Waals surface area contributed by atoms with Gasteiger partial charge in [0.1, 0.15) is 0 Å². The van der Waals surface area contributed by atoms with E-state index in [-0.39, 0.29) is 5.91 Å². The van der Waals surface area contributed by atoms with Crippen LogP contribution in [0.2, 0.25) is 0 Å². The lowest BCUT2D eigenvalue weighted by Gasteiger charge is -2.06. The van der Waals surface area contributed by atoms with Gasteiger partial charge in [-0.15, -0.1) is 0 Å². The minimum atomic E-state index is -0.153. The Morgan fingerprint density at radius 1 is 1.64 bits per heavy atom. The number of nitrogens with zero attached hydrogens (tertiary/aromatic N) is 2. The molecule has 0 N–H and O–H groups in total. The second-order valence-corrected chi connectivity index (χ2v) is 2.54. The Kier molecular flexibility index (Phi) is 1.94. The molecule has 0 saturated heterocycles. The Labute approximate surface area is 64.8 Å². The van der Waals surface area contributed by atoms with Crippen LogP contribution < -0.4 is 0 Å². The molecule has 0 fully saturated rings. The van der Waals surface area contributed by atoms with Crippen molar-refractivity contribution >= 4 is 5.91 Å². The van der Waals surface area contributed by atoms with E-state index in [9.17, 15) is 4.79 Å². The third-order valence-corrected chi connectivity index (χ3v) is 1.35. The van der Waals surface area contributed by atoms with Crippen molar-refractivity contribution in [3.05, 3.63) is 17.5 Å². The van der Waals surface area contributed by atoms with E-state index in [1.54, 1.807) is 21.0 Å². The van der Waals surface area contributed by atoms with Crippen molar-refractivity contribution in [2.45, 2.75) is 6.92 Å². The first-order chi connectivity index (χ1) is 5.13. The highest BCUT2D eigenvalue weighted by Gasteiger charge is 2.15. The van der Waals surface area contributed by atoms with Crippen LogP contribution in [0.15, 0.2) is 10.7 Å². The fraction of sp³-hybridized carbons (Fsp3) is 0.429. The monoisotopic (exact) mass is 154 g/mol. The first-order valence-electron chi connectivity index (χ1n) is 3.26. The fourth-order valence-corrected chi connectivity index (χ4v) is 0.700. The van der Waals surface area contributed by atoms with Crippen molar-refractivity contribution in [2.24, 2.45) is 0 Å². The van der Waals surface area contributed by atoms with Crippen LogP contribution in [0.3, 0.4) is 0 Å². The Morgan fingerprint density at radius 2 is 2.27 bits per heavy atom. The van der Waals surface area contributed by atoms with E-state index in [1.807, 2.05) is 0 Å². The zero-order valence-electron chi connectivity index (χ0n) is 6.79. The largest absolute Gasteiger partial charge is 0.351 e. The van der Waals surface area contributed by atoms with Crippen LogP contribution in [-0.4, -0.2) is 30.1 Å². The quantitative estimate of drug-likeness (QED) is 0.597. The van der Waals surface area contributed by atoms with E-state index in [1.165, 1.54) is 11.1 Å². The highest BCUT2D eigenvalue weighted by Crippen LogP contribution is 2.07. The first kappa shape index (κ1) is 7.78. The summed E-state index contributed by atoms with van der Waals surface area (Å²) >= 11 is 0. The molecule has 11 heavy (non-hydrogen) atoms. The normalized spacial score (nSPS) is 9.73. The molecular weight excluding hydrogens is 144 g/mol. The first-order valence-corrected chi connectivity index (χ1v) is 3.26. The van der Waals surface area contributed by atoms with Gasteiger partial charge >= 0.3 is 0 Å². The highest BCUT2D eigenvalue weighted by atomic mass is 16.5. The van der Waals surface area contributed by atoms with Crippen LogP contribution in [0.5, 0.6) is 0 Å². The van der Waals surface area contributed by atoms with Gasteiger partial charge in [-0.2, -0.15) is 0 Å². The Hall–Kier alpha value is -1.32. The van der Waals surface area contributed by atoms with Crippen molar-refractivity contribution in [3.63, 3.8) is 0 Å². The summed E-state index contributed by atoms with van der Waals surface area (Å²) in [4.78, 5) is 12.7. The minimum Gasteiger partial charge on any atom is -0.351 e. The molecule has 60 valence electrons. The number of aryl methyl sites for hydroxylation is 1. The summed E-state index contributed by atoms with van der Waals surface area (Å²) in [6.45, 7) is 1.78. The summed E-state index contributed by atoms with van der Waals surface area (Å²) < 4.78 is 4.75. The predicted molar refractivity (Wildman–Crippen MR) is 39.3 cm³/mol. The number of carbonyl (C=O) groups is 1. The van der Waals surface area contributed by atoms with Gasteiger partial charge in [0.25, 0.3) is 5.91 Å². The number of rotatable bonds is 1. The van der Waals surface area contributed by atoms with Gasteiger partial charge in [-0.25, -0.2) is 0 Å². The Morgan fingerprint density at radius 3 is 2.64 bits per heavy atom. The fourth-order valence-electron chi connectivity index (χ4n) is 0.700. The summed E-state index contributed by atoms with van der Waals surface area (Å²) in [5.41, 5.74) is 0.767. The van der Waals surface area contributed by atoms with E-state index in [4.69, 9.17) is 4.52 Å². The van der Waals surface area contributed by atoms with Gasteiger partial charge < -0.3 is 9.42 Å². The molecule has 0 aliphatic carbocycles. The lowest BCUT2D eigenvalue weighted by Crippen LogP contribution is -2.21. The topological polar surface area (TPSA) is 46.3 Å². The maximum absolute atomic E-state index is 11.2. The molecule has 0 spiro atoms. The maximum Gasteiger partial charge on any atom is 0.292 e. The van der Waals surface area contributed by atoms with E-state index in [0.29, 0.717) is 5.76 Å². The van der Waals surface area contributed by atoms with Gasteiger partial charge in [-0.05, 0) is 6.92 Å². The maximum atomic E-state index is 11.2. The van der Waals surface area contributed by atoms with Gasteiger partial charge in [-0.3, -0.25) is 4.79 Å². The molecule has 1 rings (SSSR count).